The Morgan fingerprint density at radius 3 is 2.45 bits per heavy atom. The summed E-state index contributed by atoms with van der Waals surface area (Å²) >= 11 is 0. The highest BCUT2D eigenvalue weighted by Crippen LogP contribution is 2.27. The molecule has 2 heterocycles. The van der Waals surface area contributed by atoms with E-state index in [1.807, 2.05) is 36.1 Å². The second kappa shape index (κ2) is 5.69. The van der Waals surface area contributed by atoms with Gasteiger partial charge in [0.2, 0.25) is 0 Å². The lowest BCUT2D eigenvalue weighted by Crippen LogP contribution is -3.22. The summed E-state index contributed by atoms with van der Waals surface area (Å²) in [5, 5.41) is 3.32. The van der Waals surface area contributed by atoms with Crippen LogP contribution in [0, 0.1) is 6.92 Å². The van der Waals surface area contributed by atoms with Crippen LogP contribution in [0.2, 0.25) is 0 Å². The summed E-state index contributed by atoms with van der Waals surface area (Å²) in [5.74, 6) is 0.113. The number of carbonyl (C=O) groups excluding carboxylic acids is 1. The minimum atomic E-state index is 0.113. The Morgan fingerprint density at radius 1 is 1.09 bits per heavy atom. The molecule has 0 radical (unpaired) electrons. The van der Waals surface area contributed by atoms with Crippen molar-refractivity contribution in [3.8, 4) is 0 Å². The van der Waals surface area contributed by atoms with Crippen molar-refractivity contribution in [1.29, 1.82) is 0 Å². The lowest BCUT2D eigenvalue weighted by Gasteiger charge is -2.46. The number of carbonyl (C=O) groups is 1. The first kappa shape index (κ1) is 14.3. The Bertz CT molecular complexity index is 552. The maximum atomic E-state index is 12.5. The van der Waals surface area contributed by atoms with E-state index in [9.17, 15) is 4.79 Å². The van der Waals surface area contributed by atoms with Crippen LogP contribution in [-0.4, -0.2) is 30.1 Å². The highest BCUT2D eigenvalue weighted by atomic mass is 16.1. The van der Waals surface area contributed by atoms with Crippen molar-refractivity contribution in [3.63, 3.8) is 0 Å². The lowest BCUT2D eigenvalue weighted by atomic mass is 9.81. The van der Waals surface area contributed by atoms with Crippen molar-refractivity contribution >= 4 is 5.91 Å². The van der Waals surface area contributed by atoms with E-state index in [0.29, 0.717) is 6.04 Å². The van der Waals surface area contributed by atoms with Crippen LogP contribution in [0.5, 0.6) is 0 Å². The van der Waals surface area contributed by atoms with Crippen LogP contribution in [-0.2, 0) is 0 Å². The van der Waals surface area contributed by atoms with Crippen LogP contribution >= 0.6 is 0 Å². The summed E-state index contributed by atoms with van der Waals surface area (Å²) in [6.45, 7) is 2.04. The van der Waals surface area contributed by atoms with E-state index in [1.54, 1.807) is 0 Å². The zero-order chi connectivity index (χ0) is 15.1. The highest BCUT2D eigenvalue weighted by Gasteiger charge is 2.48. The third-order valence-corrected chi connectivity index (χ3v) is 5.85. The molecule has 0 aromatic heterocycles. The van der Waals surface area contributed by atoms with Gasteiger partial charge in [-0.1, -0.05) is 17.7 Å². The zero-order valence-corrected chi connectivity index (χ0v) is 13.5. The van der Waals surface area contributed by atoms with Crippen LogP contribution in [0.25, 0.3) is 0 Å². The first-order chi connectivity index (χ1) is 10.7. The number of benzene rings is 1. The van der Waals surface area contributed by atoms with Crippen LogP contribution < -0.4 is 10.2 Å². The van der Waals surface area contributed by atoms with Gasteiger partial charge in [-0.3, -0.25) is 4.79 Å². The van der Waals surface area contributed by atoms with Gasteiger partial charge in [-0.15, -0.1) is 0 Å². The molecule has 1 aliphatic carbocycles. The van der Waals surface area contributed by atoms with Crippen molar-refractivity contribution in [3.05, 3.63) is 35.4 Å². The average molecular weight is 299 g/mol. The molecule has 3 fully saturated rings. The normalized spacial score (nSPS) is 34.2. The summed E-state index contributed by atoms with van der Waals surface area (Å²) in [7, 11) is 0. The quantitative estimate of drug-likeness (QED) is 0.877. The van der Waals surface area contributed by atoms with E-state index in [4.69, 9.17) is 0 Å². The first-order valence-corrected chi connectivity index (χ1v) is 8.95. The van der Waals surface area contributed by atoms with E-state index < -0.39 is 0 Å². The molecule has 2 aliphatic heterocycles. The van der Waals surface area contributed by atoms with Crippen molar-refractivity contribution in [2.45, 2.75) is 76.0 Å². The number of fused-ring (bicyclic) bond motifs is 2. The van der Waals surface area contributed by atoms with Gasteiger partial charge in [0.05, 0.1) is 18.1 Å². The fourth-order valence-electron chi connectivity index (χ4n) is 4.82. The molecule has 3 aliphatic rings. The summed E-state index contributed by atoms with van der Waals surface area (Å²) < 4.78 is 0. The average Bonchev–Trinajstić information content (AvgIpc) is 3.31. The second-order valence-corrected chi connectivity index (χ2v) is 7.61. The molecule has 1 aromatic carbocycles. The summed E-state index contributed by atoms with van der Waals surface area (Å²) in [6.07, 6.45) is 9.34. The maximum absolute atomic E-state index is 12.5. The summed E-state index contributed by atoms with van der Waals surface area (Å²) in [4.78, 5) is 14.4. The minimum absolute atomic E-state index is 0.113. The molecule has 1 saturated carbocycles. The van der Waals surface area contributed by atoms with Crippen LogP contribution in [0.4, 0.5) is 0 Å². The SMILES string of the molecule is Cc1cccc(C(=O)NC2C[C@H]3CCC[C@@H](C2)[NH+]3C2CC2)c1. The molecule has 3 nitrogen and oxygen atoms in total. The number of nitrogens with one attached hydrogen (secondary N) is 2. The van der Waals surface area contributed by atoms with E-state index in [0.717, 1.165) is 29.3 Å². The molecule has 118 valence electrons. The third kappa shape index (κ3) is 2.79. The standard InChI is InChI=1S/C19H26N2O/c1-13-4-2-5-14(10-13)19(22)20-15-11-17-6-3-7-18(12-15)21(17)16-8-9-16/h2,4-5,10,15-18H,3,6-9,11-12H2,1H3,(H,20,22)/p+1/t15?,17-,18+. The van der Waals surface area contributed by atoms with Gasteiger partial charge in [0, 0.05) is 37.3 Å². The fourth-order valence-corrected chi connectivity index (χ4v) is 4.82. The highest BCUT2D eigenvalue weighted by molar-refractivity contribution is 5.94. The third-order valence-electron chi connectivity index (χ3n) is 5.85. The van der Waals surface area contributed by atoms with Crippen molar-refractivity contribution < 1.29 is 9.69 Å². The molecular weight excluding hydrogens is 272 g/mol. The molecule has 1 aromatic rings. The van der Waals surface area contributed by atoms with E-state index in [-0.39, 0.29) is 5.91 Å². The maximum Gasteiger partial charge on any atom is 0.251 e. The van der Waals surface area contributed by atoms with Gasteiger partial charge in [0.1, 0.15) is 0 Å². The van der Waals surface area contributed by atoms with Gasteiger partial charge < -0.3 is 10.2 Å². The Kier molecular flexibility index (Phi) is 3.69. The van der Waals surface area contributed by atoms with Gasteiger partial charge in [0.15, 0.2) is 0 Å². The molecule has 2 unspecified atom stereocenters. The molecule has 4 atom stereocenters. The molecule has 4 rings (SSSR count). The van der Waals surface area contributed by atoms with Crippen LogP contribution in [0.15, 0.2) is 24.3 Å². The van der Waals surface area contributed by atoms with Crippen LogP contribution in [0.3, 0.4) is 0 Å². The Morgan fingerprint density at radius 2 is 1.82 bits per heavy atom. The number of hydrogen-bond donors (Lipinski definition) is 2. The summed E-state index contributed by atoms with van der Waals surface area (Å²) in [6, 6.07) is 10.8. The number of quaternary nitrogens is 1. The Hall–Kier alpha value is -1.35. The van der Waals surface area contributed by atoms with E-state index >= 15 is 0 Å². The number of rotatable bonds is 3. The molecule has 2 bridgehead atoms. The number of aryl methyl sites for hydroxylation is 1. The number of amides is 1. The largest absolute Gasteiger partial charge is 0.349 e. The Labute approximate surface area is 133 Å². The second-order valence-electron chi connectivity index (χ2n) is 7.61. The first-order valence-electron chi connectivity index (χ1n) is 8.95. The number of hydrogen-bond acceptors (Lipinski definition) is 1. The topological polar surface area (TPSA) is 33.5 Å². The predicted molar refractivity (Wildman–Crippen MR) is 87.1 cm³/mol. The minimum Gasteiger partial charge on any atom is -0.349 e. The molecule has 2 N–H and O–H groups in total. The monoisotopic (exact) mass is 299 g/mol. The van der Waals surface area contributed by atoms with Gasteiger partial charge in [-0.05, 0) is 38.3 Å². The van der Waals surface area contributed by atoms with Crippen molar-refractivity contribution in [2.24, 2.45) is 0 Å². The van der Waals surface area contributed by atoms with Gasteiger partial charge in [-0.25, -0.2) is 0 Å². The molecular formula is C19H27N2O+. The van der Waals surface area contributed by atoms with Crippen molar-refractivity contribution in [2.75, 3.05) is 0 Å². The fraction of sp³-hybridized carbons (Fsp3) is 0.632. The molecule has 0 spiro atoms. The molecule has 22 heavy (non-hydrogen) atoms. The summed E-state index contributed by atoms with van der Waals surface area (Å²) in [5.41, 5.74) is 1.96. The van der Waals surface area contributed by atoms with Gasteiger partial charge in [0.25, 0.3) is 5.91 Å². The van der Waals surface area contributed by atoms with E-state index in [1.165, 1.54) is 44.9 Å². The lowest BCUT2D eigenvalue weighted by molar-refractivity contribution is -0.971. The molecule has 3 heteroatoms. The smallest absolute Gasteiger partial charge is 0.251 e. The van der Waals surface area contributed by atoms with E-state index in [2.05, 4.69) is 5.32 Å². The Balaban J connectivity index is 1.43. The zero-order valence-electron chi connectivity index (χ0n) is 13.5. The predicted octanol–water partition coefficient (Wildman–Crippen LogP) is 1.86. The molecule has 1 amide bonds. The van der Waals surface area contributed by atoms with Gasteiger partial charge >= 0.3 is 0 Å². The molecule has 2 saturated heterocycles. The van der Waals surface area contributed by atoms with Crippen molar-refractivity contribution in [1.82, 2.24) is 5.32 Å². The van der Waals surface area contributed by atoms with Gasteiger partial charge in [-0.2, -0.15) is 0 Å². The van der Waals surface area contributed by atoms with Crippen LogP contribution in [0.1, 0.15) is 60.9 Å². The number of piperidine rings is 2.